The van der Waals surface area contributed by atoms with Crippen molar-refractivity contribution in [3.63, 3.8) is 0 Å². The van der Waals surface area contributed by atoms with Crippen LogP contribution < -0.4 is 4.74 Å². The van der Waals surface area contributed by atoms with Gasteiger partial charge in [0.1, 0.15) is 12.4 Å². The Bertz CT molecular complexity index is 866. The minimum atomic E-state index is -4.46. The van der Waals surface area contributed by atoms with Gasteiger partial charge in [0.05, 0.1) is 26.8 Å². The summed E-state index contributed by atoms with van der Waals surface area (Å²) in [5.74, 6) is 0.858. The highest BCUT2D eigenvalue weighted by atomic mass is 32.2. The lowest BCUT2D eigenvalue weighted by atomic mass is 10.3. The lowest BCUT2D eigenvalue weighted by molar-refractivity contribution is -0.137. The van der Waals surface area contributed by atoms with E-state index in [9.17, 15) is 17.4 Å². The standard InChI is InChI=1S/C15H11F3N2O2S2/c16-15(17,18)10-8-12-13(19-9-10)20-14(23-12)24(21)7-6-22-11-4-2-1-3-5-11/h1-5,8-9H,6-7H2/t24-/m1/s1. The molecule has 0 aliphatic heterocycles. The first-order valence-corrected chi connectivity index (χ1v) is 8.97. The molecule has 0 fully saturated rings. The van der Waals surface area contributed by atoms with Crippen LogP contribution >= 0.6 is 11.3 Å². The van der Waals surface area contributed by atoms with Crippen LogP contribution in [0.2, 0.25) is 0 Å². The van der Waals surface area contributed by atoms with E-state index in [1.54, 1.807) is 12.1 Å². The average molecular weight is 372 g/mol. The Labute approximate surface area is 141 Å². The van der Waals surface area contributed by atoms with Crippen molar-refractivity contribution in [2.24, 2.45) is 0 Å². The number of hydrogen-bond donors (Lipinski definition) is 0. The van der Waals surface area contributed by atoms with Gasteiger partial charge in [-0.15, -0.1) is 11.3 Å². The van der Waals surface area contributed by atoms with Crippen LogP contribution in [0.25, 0.3) is 10.3 Å². The molecule has 0 saturated heterocycles. The van der Waals surface area contributed by atoms with Crippen molar-refractivity contribution >= 4 is 32.5 Å². The summed E-state index contributed by atoms with van der Waals surface area (Å²) in [6.45, 7) is 0.216. The summed E-state index contributed by atoms with van der Waals surface area (Å²) in [7, 11) is -1.46. The molecule has 1 atom stereocenters. The number of rotatable bonds is 5. The number of fused-ring (bicyclic) bond motifs is 1. The molecule has 0 spiro atoms. The Balaban J connectivity index is 1.68. The molecule has 0 radical (unpaired) electrons. The van der Waals surface area contributed by atoms with E-state index in [1.807, 2.05) is 18.2 Å². The van der Waals surface area contributed by atoms with Gasteiger partial charge in [-0.05, 0) is 18.2 Å². The zero-order chi connectivity index (χ0) is 17.2. The van der Waals surface area contributed by atoms with Crippen molar-refractivity contribution in [3.8, 4) is 5.75 Å². The van der Waals surface area contributed by atoms with Crippen LogP contribution in [0.4, 0.5) is 13.2 Å². The fraction of sp³-hybridized carbons (Fsp3) is 0.200. The van der Waals surface area contributed by atoms with E-state index < -0.39 is 22.5 Å². The molecule has 1 aromatic carbocycles. The minimum absolute atomic E-state index is 0.167. The quantitative estimate of drug-likeness (QED) is 0.682. The van der Waals surface area contributed by atoms with Gasteiger partial charge in [0.25, 0.3) is 0 Å². The SMILES string of the molecule is O=[S@](CCOc1ccccc1)c1nc2ncc(C(F)(F)F)cc2s1. The molecule has 9 heteroatoms. The summed E-state index contributed by atoms with van der Waals surface area (Å²) in [4.78, 5) is 7.74. The van der Waals surface area contributed by atoms with E-state index in [0.717, 1.165) is 23.6 Å². The fourth-order valence-electron chi connectivity index (χ4n) is 1.89. The van der Waals surface area contributed by atoms with Crippen molar-refractivity contribution in [1.82, 2.24) is 9.97 Å². The number of aromatic nitrogens is 2. The Morgan fingerprint density at radius 1 is 1.21 bits per heavy atom. The number of ether oxygens (including phenoxy) is 1. The Hall–Kier alpha value is -2.00. The Kier molecular flexibility index (Phi) is 4.81. The lowest BCUT2D eigenvalue weighted by Crippen LogP contribution is -2.08. The molecule has 126 valence electrons. The second kappa shape index (κ2) is 6.86. The highest BCUT2D eigenvalue weighted by Gasteiger charge is 2.31. The van der Waals surface area contributed by atoms with Crippen LogP contribution in [0, 0.1) is 0 Å². The van der Waals surface area contributed by atoms with Crippen LogP contribution in [0.1, 0.15) is 5.56 Å². The molecule has 4 nitrogen and oxygen atoms in total. The third-order valence-electron chi connectivity index (χ3n) is 3.03. The molecular formula is C15H11F3N2O2S2. The summed E-state index contributed by atoms with van der Waals surface area (Å²) in [5, 5.41) is 0. The predicted octanol–water partition coefficient (Wildman–Crippen LogP) is 3.90. The van der Waals surface area contributed by atoms with Crippen molar-refractivity contribution < 1.29 is 22.1 Å². The van der Waals surface area contributed by atoms with E-state index in [4.69, 9.17) is 4.74 Å². The van der Waals surface area contributed by atoms with Gasteiger partial charge in [0.2, 0.25) is 0 Å². The second-order valence-electron chi connectivity index (χ2n) is 4.73. The molecule has 0 amide bonds. The normalized spacial score (nSPS) is 13.1. The minimum Gasteiger partial charge on any atom is -0.493 e. The number of pyridine rings is 1. The average Bonchev–Trinajstić information content (AvgIpc) is 2.98. The van der Waals surface area contributed by atoms with Gasteiger partial charge in [0, 0.05) is 6.20 Å². The molecule has 24 heavy (non-hydrogen) atoms. The maximum Gasteiger partial charge on any atom is 0.417 e. The van der Waals surface area contributed by atoms with E-state index in [-0.39, 0.29) is 27.0 Å². The van der Waals surface area contributed by atoms with Crippen molar-refractivity contribution in [2.75, 3.05) is 12.4 Å². The summed E-state index contributed by atoms with van der Waals surface area (Å²) in [6.07, 6.45) is -3.73. The van der Waals surface area contributed by atoms with Gasteiger partial charge in [-0.1, -0.05) is 18.2 Å². The third-order valence-corrected chi connectivity index (χ3v) is 5.64. The highest BCUT2D eigenvalue weighted by molar-refractivity contribution is 7.87. The highest BCUT2D eigenvalue weighted by Crippen LogP contribution is 2.32. The second-order valence-corrected chi connectivity index (χ2v) is 7.51. The van der Waals surface area contributed by atoms with E-state index in [0.29, 0.717) is 5.75 Å². The topological polar surface area (TPSA) is 52.1 Å². The molecular weight excluding hydrogens is 361 g/mol. The molecule has 2 aromatic heterocycles. The van der Waals surface area contributed by atoms with Crippen molar-refractivity contribution in [2.45, 2.75) is 10.5 Å². The zero-order valence-electron chi connectivity index (χ0n) is 12.1. The number of halogens is 3. The smallest absolute Gasteiger partial charge is 0.417 e. The molecule has 0 unspecified atom stereocenters. The van der Waals surface area contributed by atoms with Gasteiger partial charge in [0.15, 0.2) is 9.99 Å². The van der Waals surface area contributed by atoms with E-state index >= 15 is 0 Å². The predicted molar refractivity (Wildman–Crippen MR) is 85.6 cm³/mol. The monoisotopic (exact) mass is 372 g/mol. The Morgan fingerprint density at radius 2 is 1.96 bits per heavy atom. The van der Waals surface area contributed by atoms with Gasteiger partial charge >= 0.3 is 6.18 Å². The first-order valence-electron chi connectivity index (χ1n) is 6.83. The third kappa shape index (κ3) is 3.90. The lowest BCUT2D eigenvalue weighted by Gasteiger charge is -2.04. The Morgan fingerprint density at radius 3 is 2.67 bits per heavy atom. The fourth-order valence-corrected chi connectivity index (χ4v) is 4.08. The molecule has 2 heterocycles. The van der Waals surface area contributed by atoms with Crippen LogP contribution in [-0.2, 0) is 17.0 Å². The number of benzene rings is 1. The van der Waals surface area contributed by atoms with Gasteiger partial charge < -0.3 is 4.74 Å². The molecule has 0 bridgehead atoms. The van der Waals surface area contributed by atoms with Crippen molar-refractivity contribution in [3.05, 3.63) is 48.2 Å². The molecule has 0 N–H and O–H groups in total. The van der Waals surface area contributed by atoms with E-state index in [2.05, 4.69) is 9.97 Å². The summed E-state index contributed by atoms with van der Waals surface area (Å²) < 4.78 is 56.2. The summed E-state index contributed by atoms with van der Waals surface area (Å²) >= 11 is 0.953. The van der Waals surface area contributed by atoms with Crippen LogP contribution in [-0.4, -0.2) is 26.5 Å². The number of para-hydroxylation sites is 1. The molecule has 0 aliphatic carbocycles. The summed E-state index contributed by atoms with van der Waals surface area (Å²) in [5.41, 5.74) is -0.677. The number of hydrogen-bond acceptors (Lipinski definition) is 5. The van der Waals surface area contributed by atoms with Gasteiger partial charge in [-0.2, -0.15) is 13.2 Å². The first-order chi connectivity index (χ1) is 11.4. The number of thiazole rings is 1. The van der Waals surface area contributed by atoms with Crippen LogP contribution in [0.3, 0.4) is 0 Å². The molecule has 0 saturated carbocycles. The van der Waals surface area contributed by atoms with Crippen molar-refractivity contribution in [1.29, 1.82) is 0 Å². The molecule has 3 rings (SSSR count). The largest absolute Gasteiger partial charge is 0.493 e. The van der Waals surface area contributed by atoms with Crippen LogP contribution in [0.5, 0.6) is 5.75 Å². The molecule has 0 aliphatic rings. The number of alkyl halides is 3. The van der Waals surface area contributed by atoms with Gasteiger partial charge in [-0.3, -0.25) is 4.21 Å². The zero-order valence-corrected chi connectivity index (χ0v) is 13.7. The molecule has 3 aromatic rings. The number of nitrogens with zero attached hydrogens (tertiary/aromatic N) is 2. The first kappa shape index (κ1) is 16.8. The van der Waals surface area contributed by atoms with Crippen LogP contribution in [0.15, 0.2) is 46.9 Å². The maximum absolute atomic E-state index is 12.7. The van der Waals surface area contributed by atoms with Gasteiger partial charge in [-0.25, -0.2) is 9.97 Å². The van der Waals surface area contributed by atoms with E-state index in [1.165, 1.54) is 0 Å². The summed E-state index contributed by atoms with van der Waals surface area (Å²) in [6, 6.07) is 10.0. The maximum atomic E-state index is 12.7.